The van der Waals surface area contributed by atoms with Gasteiger partial charge >= 0.3 is 0 Å². The standard InChI is InChI=1S/C14H18N2O2/c1-10-6-7-12(13(8-10)15-9-17)16-14(18)11-4-2-3-5-11/h6-9,11H,2-5H2,1H3,(H,15,17)(H,16,18). The molecule has 0 spiro atoms. The van der Waals surface area contributed by atoms with E-state index in [9.17, 15) is 9.59 Å². The van der Waals surface area contributed by atoms with E-state index < -0.39 is 0 Å². The van der Waals surface area contributed by atoms with E-state index in [0.29, 0.717) is 17.8 Å². The second-order valence-corrected chi connectivity index (χ2v) is 4.78. The number of nitrogens with one attached hydrogen (secondary N) is 2. The van der Waals surface area contributed by atoms with Crippen molar-refractivity contribution >= 4 is 23.7 Å². The lowest BCUT2D eigenvalue weighted by Crippen LogP contribution is -2.21. The average molecular weight is 246 g/mol. The lowest BCUT2D eigenvalue weighted by molar-refractivity contribution is -0.119. The van der Waals surface area contributed by atoms with Gasteiger partial charge in [0.25, 0.3) is 0 Å². The van der Waals surface area contributed by atoms with Crippen LogP contribution in [0.1, 0.15) is 31.2 Å². The molecule has 1 aliphatic carbocycles. The van der Waals surface area contributed by atoms with Crippen molar-refractivity contribution in [3.63, 3.8) is 0 Å². The quantitative estimate of drug-likeness (QED) is 0.802. The Balaban J connectivity index is 2.12. The Morgan fingerprint density at radius 3 is 2.67 bits per heavy atom. The highest BCUT2D eigenvalue weighted by atomic mass is 16.2. The second kappa shape index (κ2) is 5.67. The molecule has 1 aromatic carbocycles. The summed E-state index contributed by atoms with van der Waals surface area (Å²) in [5.74, 6) is 0.181. The summed E-state index contributed by atoms with van der Waals surface area (Å²) in [6.07, 6.45) is 4.82. The maximum Gasteiger partial charge on any atom is 0.227 e. The van der Waals surface area contributed by atoms with Gasteiger partial charge in [-0.2, -0.15) is 0 Å². The van der Waals surface area contributed by atoms with Gasteiger partial charge in [-0.05, 0) is 37.5 Å². The van der Waals surface area contributed by atoms with Gasteiger partial charge in [0.1, 0.15) is 0 Å². The predicted octanol–water partition coefficient (Wildman–Crippen LogP) is 2.69. The SMILES string of the molecule is Cc1ccc(NC(=O)C2CCCC2)c(NC=O)c1. The molecule has 0 atom stereocenters. The van der Waals surface area contributed by atoms with Crippen LogP contribution >= 0.6 is 0 Å². The van der Waals surface area contributed by atoms with Crippen molar-refractivity contribution in [1.82, 2.24) is 0 Å². The lowest BCUT2D eigenvalue weighted by Gasteiger charge is -2.14. The number of hydrogen-bond acceptors (Lipinski definition) is 2. The highest BCUT2D eigenvalue weighted by Gasteiger charge is 2.23. The topological polar surface area (TPSA) is 58.2 Å². The van der Waals surface area contributed by atoms with E-state index >= 15 is 0 Å². The summed E-state index contributed by atoms with van der Waals surface area (Å²) >= 11 is 0. The molecule has 2 amide bonds. The molecule has 0 aromatic heterocycles. The molecule has 1 fully saturated rings. The Morgan fingerprint density at radius 1 is 1.28 bits per heavy atom. The minimum absolute atomic E-state index is 0.0605. The van der Waals surface area contributed by atoms with Gasteiger partial charge in [-0.3, -0.25) is 9.59 Å². The highest BCUT2D eigenvalue weighted by Crippen LogP contribution is 2.28. The molecule has 18 heavy (non-hydrogen) atoms. The molecule has 2 N–H and O–H groups in total. The number of carbonyl (C=O) groups excluding carboxylic acids is 2. The van der Waals surface area contributed by atoms with E-state index in [0.717, 1.165) is 31.2 Å². The van der Waals surface area contributed by atoms with Gasteiger partial charge in [0.2, 0.25) is 12.3 Å². The third kappa shape index (κ3) is 2.88. The molecule has 0 radical (unpaired) electrons. The Kier molecular flexibility index (Phi) is 3.97. The van der Waals surface area contributed by atoms with Crippen LogP contribution in [0.25, 0.3) is 0 Å². The first-order valence-electron chi connectivity index (χ1n) is 6.32. The Bertz CT molecular complexity index is 451. The number of aryl methyl sites for hydroxylation is 1. The monoisotopic (exact) mass is 246 g/mol. The van der Waals surface area contributed by atoms with Gasteiger partial charge in [0, 0.05) is 5.92 Å². The number of carbonyl (C=O) groups is 2. The molecule has 1 aliphatic rings. The van der Waals surface area contributed by atoms with E-state index in [1.165, 1.54) is 0 Å². The Morgan fingerprint density at radius 2 is 2.00 bits per heavy atom. The minimum atomic E-state index is 0.0605. The molecule has 4 heteroatoms. The van der Waals surface area contributed by atoms with Crippen LogP contribution < -0.4 is 10.6 Å². The average Bonchev–Trinajstić information content (AvgIpc) is 2.86. The van der Waals surface area contributed by atoms with Crippen LogP contribution in [0.3, 0.4) is 0 Å². The van der Waals surface area contributed by atoms with Crippen LogP contribution in [-0.2, 0) is 9.59 Å². The van der Waals surface area contributed by atoms with Crippen LogP contribution in [0.15, 0.2) is 18.2 Å². The summed E-state index contributed by atoms with van der Waals surface area (Å²) in [6, 6.07) is 5.59. The fourth-order valence-corrected chi connectivity index (χ4v) is 2.37. The van der Waals surface area contributed by atoms with Crippen molar-refractivity contribution in [2.24, 2.45) is 5.92 Å². The third-order valence-electron chi connectivity index (χ3n) is 3.37. The zero-order valence-electron chi connectivity index (χ0n) is 10.5. The van der Waals surface area contributed by atoms with E-state index in [1.54, 1.807) is 0 Å². The summed E-state index contributed by atoms with van der Waals surface area (Å²) in [5.41, 5.74) is 2.36. The first-order chi connectivity index (χ1) is 8.70. The molecule has 4 nitrogen and oxygen atoms in total. The van der Waals surface area contributed by atoms with Crippen molar-refractivity contribution in [3.05, 3.63) is 23.8 Å². The molecule has 0 bridgehead atoms. The first-order valence-corrected chi connectivity index (χ1v) is 6.32. The van der Waals surface area contributed by atoms with Crippen LogP contribution in [0.2, 0.25) is 0 Å². The van der Waals surface area contributed by atoms with Crippen molar-refractivity contribution in [2.75, 3.05) is 10.6 Å². The maximum atomic E-state index is 12.0. The molecule has 0 unspecified atom stereocenters. The molecule has 0 heterocycles. The number of amides is 2. The molecular weight excluding hydrogens is 228 g/mol. The van der Waals surface area contributed by atoms with E-state index in [-0.39, 0.29) is 11.8 Å². The van der Waals surface area contributed by atoms with E-state index in [1.807, 2.05) is 25.1 Å². The van der Waals surface area contributed by atoms with Crippen molar-refractivity contribution in [1.29, 1.82) is 0 Å². The van der Waals surface area contributed by atoms with Gasteiger partial charge in [-0.1, -0.05) is 18.9 Å². The van der Waals surface area contributed by atoms with Crippen molar-refractivity contribution < 1.29 is 9.59 Å². The number of hydrogen-bond donors (Lipinski definition) is 2. The normalized spacial score (nSPS) is 15.4. The lowest BCUT2D eigenvalue weighted by atomic mass is 10.1. The molecule has 96 valence electrons. The maximum absolute atomic E-state index is 12.0. The molecule has 1 saturated carbocycles. The third-order valence-corrected chi connectivity index (χ3v) is 3.37. The summed E-state index contributed by atoms with van der Waals surface area (Å²) in [7, 11) is 0. The minimum Gasteiger partial charge on any atom is -0.327 e. The van der Waals surface area contributed by atoms with Gasteiger partial charge in [-0.15, -0.1) is 0 Å². The van der Waals surface area contributed by atoms with Gasteiger partial charge in [0.05, 0.1) is 11.4 Å². The molecule has 1 aromatic rings. The molecule has 0 saturated heterocycles. The van der Waals surface area contributed by atoms with Crippen LogP contribution in [0.4, 0.5) is 11.4 Å². The molecule has 2 rings (SSSR count). The highest BCUT2D eigenvalue weighted by molar-refractivity contribution is 5.97. The van der Waals surface area contributed by atoms with E-state index in [2.05, 4.69) is 10.6 Å². The summed E-state index contributed by atoms with van der Waals surface area (Å²) in [4.78, 5) is 22.6. The van der Waals surface area contributed by atoms with Crippen molar-refractivity contribution in [3.8, 4) is 0 Å². The molecular formula is C14H18N2O2. The summed E-state index contributed by atoms with van der Waals surface area (Å²) in [5, 5.41) is 5.52. The number of rotatable bonds is 4. The zero-order chi connectivity index (χ0) is 13.0. The zero-order valence-corrected chi connectivity index (χ0v) is 10.5. The summed E-state index contributed by atoms with van der Waals surface area (Å²) in [6.45, 7) is 1.94. The van der Waals surface area contributed by atoms with Gasteiger partial charge < -0.3 is 10.6 Å². The first kappa shape index (κ1) is 12.6. The van der Waals surface area contributed by atoms with Gasteiger partial charge in [-0.25, -0.2) is 0 Å². The fraction of sp³-hybridized carbons (Fsp3) is 0.429. The van der Waals surface area contributed by atoms with Crippen LogP contribution in [-0.4, -0.2) is 12.3 Å². The molecule has 0 aliphatic heterocycles. The smallest absolute Gasteiger partial charge is 0.227 e. The fourth-order valence-electron chi connectivity index (χ4n) is 2.37. The Labute approximate surface area is 107 Å². The number of benzene rings is 1. The summed E-state index contributed by atoms with van der Waals surface area (Å²) < 4.78 is 0. The van der Waals surface area contributed by atoms with E-state index in [4.69, 9.17) is 0 Å². The Hall–Kier alpha value is -1.84. The number of anilines is 2. The van der Waals surface area contributed by atoms with Gasteiger partial charge in [0.15, 0.2) is 0 Å². The largest absolute Gasteiger partial charge is 0.327 e. The predicted molar refractivity (Wildman–Crippen MR) is 71.5 cm³/mol. The second-order valence-electron chi connectivity index (χ2n) is 4.78. The van der Waals surface area contributed by atoms with Crippen LogP contribution in [0, 0.1) is 12.8 Å². The van der Waals surface area contributed by atoms with Crippen LogP contribution in [0.5, 0.6) is 0 Å². The van der Waals surface area contributed by atoms with Crippen molar-refractivity contribution in [2.45, 2.75) is 32.6 Å².